The molecule has 0 aromatic heterocycles. The second kappa shape index (κ2) is 10.1. The van der Waals surface area contributed by atoms with Gasteiger partial charge in [0.05, 0.1) is 26.1 Å². The van der Waals surface area contributed by atoms with Crippen molar-refractivity contribution in [3.05, 3.63) is 35.9 Å². The van der Waals surface area contributed by atoms with Gasteiger partial charge in [0.25, 0.3) is 0 Å². The minimum atomic E-state index is -1.16. The fourth-order valence-corrected chi connectivity index (χ4v) is 4.09. The van der Waals surface area contributed by atoms with Crippen LogP contribution in [0.5, 0.6) is 0 Å². The molecular formula is C20H29N5O6. The standard InChI is InChI=1S/C20H29N5O6/c1-22-13-17(26)24-15(10-18(27)28)19(29)23(8-9-31-2)12-16(24)25(22)20(30)21-11-14-6-4-3-5-7-14/h3-7,15-17,26H,8-13H2,1-2H3,(H,21,30)(H,27,28)/t15-,16-,17?/m0/s1. The summed E-state index contributed by atoms with van der Waals surface area (Å²) in [7, 11) is 3.18. The Morgan fingerprint density at radius 2 is 1.94 bits per heavy atom. The Morgan fingerprint density at radius 1 is 1.23 bits per heavy atom. The molecule has 2 aliphatic heterocycles. The number of nitrogens with zero attached hydrogens (tertiary/aromatic N) is 4. The van der Waals surface area contributed by atoms with Crippen LogP contribution in [-0.2, 0) is 20.9 Å². The molecular weight excluding hydrogens is 406 g/mol. The lowest BCUT2D eigenvalue weighted by Crippen LogP contribution is -2.77. The van der Waals surface area contributed by atoms with E-state index in [4.69, 9.17) is 4.74 Å². The molecule has 2 saturated heterocycles. The number of hydrogen-bond donors (Lipinski definition) is 3. The summed E-state index contributed by atoms with van der Waals surface area (Å²) in [6, 6.07) is 7.95. The number of piperazine rings is 1. The molecule has 11 nitrogen and oxygen atoms in total. The molecule has 2 heterocycles. The maximum Gasteiger partial charge on any atom is 0.333 e. The number of carbonyl (C=O) groups is 3. The van der Waals surface area contributed by atoms with Crippen molar-refractivity contribution in [2.45, 2.75) is 31.4 Å². The Bertz CT molecular complexity index is 794. The van der Waals surface area contributed by atoms with E-state index in [1.807, 2.05) is 30.3 Å². The average molecular weight is 435 g/mol. The quantitative estimate of drug-likeness (QED) is 0.515. The highest BCUT2D eigenvalue weighted by Crippen LogP contribution is 2.29. The van der Waals surface area contributed by atoms with Crippen LogP contribution in [0.4, 0.5) is 4.79 Å². The maximum absolute atomic E-state index is 13.1. The summed E-state index contributed by atoms with van der Waals surface area (Å²) in [6.07, 6.45) is -2.28. The minimum Gasteiger partial charge on any atom is -0.481 e. The van der Waals surface area contributed by atoms with Gasteiger partial charge in [-0.05, 0) is 5.56 Å². The zero-order valence-electron chi connectivity index (χ0n) is 17.7. The van der Waals surface area contributed by atoms with Gasteiger partial charge in [0.2, 0.25) is 5.91 Å². The third kappa shape index (κ3) is 5.13. The number of β-amino-alcohol motifs (C(OH)–C–C–N with tert-alkyl or cyclic N) is 1. The van der Waals surface area contributed by atoms with E-state index in [-0.39, 0.29) is 26.2 Å². The van der Waals surface area contributed by atoms with E-state index in [1.54, 1.807) is 12.1 Å². The van der Waals surface area contributed by atoms with E-state index in [9.17, 15) is 24.6 Å². The summed E-state index contributed by atoms with van der Waals surface area (Å²) in [5, 5.41) is 25.9. The van der Waals surface area contributed by atoms with Gasteiger partial charge in [0, 0.05) is 27.2 Å². The Morgan fingerprint density at radius 3 is 2.58 bits per heavy atom. The van der Waals surface area contributed by atoms with E-state index in [0.717, 1.165) is 5.56 Å². The molecule has 3 rings (SSSR count). The van der Waals surface area contributed by atoms with Crippen molar-refractivity contribution < 1.29 is 29.3 Å². The summed E-state index contributed by atoms with van der Waals surface area (Å²) in [6.45, 7) is 1.02. The number of aliphatic hydroxyl groups excluding tert-OH is 1. The van der Waals surface area contributed by atoms with Crippen LogP contribution in [0.2, 0.25) is 0 Å². The van der Waals surface area contributed by atoms with Gasteiger partial charge in [-0.3, -0.25) is 9.59 Å². The summed E-state index contributed by atoms with van der Waals surface area (Å²) < 4.78 is 5.07. The molecule has 11 heteroatoms. The Hall–Kier alpha value is -2.73. The van der Waals surface area contributed by atoms with Crippen molar-refractivity contribution in [3.63, 3.8) is 0 Å². The van der Waals surface area contributed by atoms with Crippen LogP contribution in [0, 0.1) is 0 Å². The lowest BCUT2D eigenvalue weighted by Gasteiger charge is -2.56. The number of carboxylic acid groups (broad SMARTS) is 1. The van der Waals surface area contributed by atoms with Gasteiger partial charge in [-0.1, -0.05) is 30.3 Å². The maximum atomic E-state index is 13.1. The van der Waals surface area contributed by atoms with Crippen molar-refractivity contribution in [3.8, 4) is 0 Å². The number of benzene rings is 1. The molecule has 3 N–H and O–H groups in total. The number of carbonyl (C=O) groups excluding carboxylic acids is 2. The zero-order valence-corrected chi connectivity index (χ0v) is 17.7. The SMILES string of the molecule is COCCN1C[C@H]2N(C(O)CN(C)N2C(=O)NCc2ccccc2)[C@@H](CC(=O)O)C1=O. The van der Waals surface area contributed by atoms with Crippen LogP contribution in [0.25, 0.3) is 0 Å². The number of aliphatic carboxylic acids is 1. The summed E-state index contributed by atoms with van der Waals surface area (Å²) in [4.78, 5) is 40.4. The van der Waals surface area contributed by atoms with Gasteiger partial charge in [-0.2, -0.15) is 0 Å². The first-order valence-corrected chi connectivity index (χ1v) is 10.1. The molecule has 170 valence electrons. The fourth-order valence-electron chi connectivity index (χ4n) is 4.09. The lowest BCUT2D eigenvalue weighted by molar-refractivity contribution is -0.224. The Balaban J connectivity index is 1.84. The normalized spacial score (nSPS) is 24.7. The molecule has 1 aromatic carbocycles. The third-order valence-electron chi connectivity index (χ3n) is 5.53. The molecule has 3 atom stereocenters. The largest absolute Gasteiger partial charge is 0.481 e. The number of aliphatic hydroxyl groups is 1. The highest BCUT2D eigenvalue weighted by molar-refractivity contribution is 5.87. The molecule has 0 bridgehead atoms. The van der Waals surface area contributed by atoms with Gasteiger partial charge in [0.1, 0.15) is 18.4 Å². The number of hydrogen-bond acceptors (Lipinski definition) is 7. The second-order valence-corrected chi connectivity index (χ2v) is 7.63. The van der Waals surface area contributed by atoms with Crippen LogP contribution < -0.4 is 5.32 Å². The molecule has 31 heavy (non-hydrogen) atoms. The predicted octanol–water partition coefficient (Wildman–Crippen LogP) is -0.663. The number of rotatable bonds is 7. The average Bonchev–Trinajstić information content (AvgIpc) is 2.73. The van der Waals surface area contributed by atoms with Gasteiger partial charge in [-0.15, -0.1) is 0 Å². The topological polar surface area (TPSA) is 126 Å². The highest BCUT2D eigenvalue weighted by atomic mass is 16.5. The first kappa shape index (κ1) is 22.9. The van der Waals surface area contributed by atoms with E-state index in [2.05, 4.69) is 5.32 Å². The molecule has 2 aliphatic rings. The molecule has 0 aliphatic carbocycles. The summed E-state index contributed by atoms with van der Waals surface area (Å²) >= 11 is 0. The molecule has 1 unspecified atom stereocenters. The van der Waals surface area contributed by atoms with Gasteiger partial charge >= 0.3 is 12.0 Å². The van der Waals surface area contributed by atoms with E-state index in [1.165, 1.54) is 21.9 Å². The minimum absolute atomic E-state index is 0.0523. The zero-order chi connectivity index (χ0) is 22.5. The highest BCUT2D eigenvalue weighted by Gasteiger charge is 2.51. The number of ether oxygens (including phenoxy) is 1. The molecule has 0 spiro atoms. The van der Waals surface area contributed by atoms with Crippen LogP contribution in [0.15, 0.2) is 30.3 Å². The summed E-state index contributed by atoms with van der Waals surface area (Å²) in [5.41, 5.74) is 0.928. The van der Waals surface area contributed by atoms with Gasteiger partial charge < -0.3 is 25.2 Å². The number of urea groups is 1. The third-order valence-corrected chi connectivity index (χ3v) is 5.53. The molecule has 1 aromatic rings. The number of methoxy groups -OCH3 is 1. The lowest BCUT2D eigenvalue weighted by atomic mass is 10.0. The van der Waals surface area contributed by atoms with Crippen LogP contribution in [0.3, 0.4) is 0 Å². The Kier molecular flexibility index (Phi) is 7.44. The van der Waals surface area contributed by atoms with E-state index in [0.29, 0.717) is 6.54 Å². The van der Waals surface area contributed by atoms with Gasteiger partial charge in [-0.25, -0.2) is 19.7 Å². The van der Waals surface area contributed by atoms with Crippen molar-refractivity contribution in [1.29, 1.82) is 0 Å². The van der Waals surface area contributed by atoms with E-state index >= 15 is 0 Å². The Labute approximate surface area is 180 Å². The molecule has 0 radical (unpaired) electrons. The van der Waals surface area contributed by atoms with Crippen LogP contribution in [-0.4, -0.2) is 107 Å². The molecule has 3 amide bonds. The van der Waals surface area contributed by atoms with Crippen LogP contribution >= 0.6 is 0 Å². The van der Waals surface area contributed by atoms with Crippen LogP contribution in [0.1, 0.15) is 12.0 Å². The first-order valence-electron chi connectivity index (χ1n) is 10.1. The van der Waals surface area contributed by atoms with Gasteiger partial charge in [0.15, 0.2) is 0 Å². The van der Waals surface area contributed by atoms with Crippen molar-refractivity contribution >= 4 is 17.9 Å². The van der Waals surface area contributed by atoms with Crippen molar-refractivity contribution in [1.82, 2.24) is 25.1 Å². The number of hydrazine groups is 1. The second-order valence-electron chi connectivity index (χ2n) is 7.63. The van der Waals surface area contributed by atoms with Crippen molar-refractivity contribution in [2.24, 2.45) is 0 Å². The number of nitrogens with one attached hydrogen (secondary N) is 1. The number of likely N-dealkylation sites (N-methyl/N-ethyl adjacent to an activating group) is 1. The molecule has 2 fully saturated rings. The number of carboxylic acids is 1. The number of amides is 3. The molecule has 0 saturated carbocycles. The first-order chi connectivity index (χ1) is 14.8. The van der Waals surface area contributed by atoms with E-state index < -0.39 is 42.8 Å². The fraction of sp³-hybridized carbons (Fsp3) is 0.550. The van der Waals surface area contributed by atoms with Crippen molar-refractivity contribution in [2.75, 3.05) is 40.4 Å². The smallest absolute Gasteiger partial charge is 0.333 e. The summed E-state index contributed by atoms with van der Waals surface area (Å²) in [5.74, 6) is -1.55. The number of fused-ring (bicyclic) bond motifs is 1. The monoisotopic (exact) mass is 435 g/mol. The predicted molar refractivity (Wildman–Crippen MR) is 109 cm³/mol.